The lowest BCUT2D eigenvalue weighted by Crippen LogP contribution is -2.50. The van der Waals surface area contributed by atoms with Crippen LogP contribution in [0, 0.1) is 12.3 Å². The summed E-state index contributed by atoms with van der Waals surface area (Å²) in [6.45, 7) is 1.98. The van der Waals surface area contributed by atoms with Crippen LogP contribution in [0.4, 0.5) is 5.69 Å². The van der Waals surface area contributed by atoms with Gasteiger partial charge in [-0.15, -0.1) is 0 Å². The Morgan fingerprint density at radius 3 is 2.56 bits per heavy atom. The van der Waals surface area contributed by atoms with E-state index >= 15 is 0 Å². The zero-order chi connectivity index (χ0) is 13.3. The summed E-state index contributed by atoms with van der Waals surface area (Å²) in [5.74, 6) is -0.0845. The highest BCUT2D eigenvalue weighted by atomic mass is 79.9. The van der Waals surface area contributed by atoms with Crippen LogP contribution in [0.5, 0.6) is 0 Å². The molecule has 1 aliphatic rings. The Bertz CT molecular complexity index is 491. The van der Waals surface area contributed by atoms with Crippen LogP contribution in [0.1, 0.15) is 24.8 Å². The van der Waals surface area contributed by atoms with Crippen molar-refractivity contribution in [2.24, 2.45) is 11.1 Å². The topological polar surface area (TPSA) is 55.1 Å². The average Bonchev–Trinajstić information content (AvgIpc) is 2.11. The van der Waals surface area contributed by atoms with Crippen LogP contribution in [-0.2, 0) is 4.79 Å². The fourth-order valence-corrected chi connectivity index (χ4v) is 3.08. The molecule has 18 heavy (non-hydrogen) atoms. The van der Waals surface area contributed by atoms with Gasteiger partial charge in [0.2, 0.25) is 5.91 Å². The maximum Gasteiger partial charge on any atom is 0.237 e. The zero-order valence-corrected chi connectivity index (χ0v) is 12.5. The van der Waals surface area contributed by atoms with E-state index in [0.29, 0.717) is 4.99 Å². The van der Waals surface area contributed by atoms with Gasteiger partial charge in [-0.2, -0.15) is 0 Å². The molecule has 0 aromatic heterocycles. The predicted octanol–water partition coefficient (Wildman–Crippen LogP) is 3.15. The molecule has 3 nitrogen and oxygen atoms in total. The molecule has 1 aromatic carbocycles. The quantitative estimate of drug-likeness (QED) is 0.839. The molecule has 0 heterocycles. The number of aryl methyl sites for hydroxylation is 1. The molecule has 1 saturated carbocycles. The molecule has 5 heteroatoms. The van der Waals surface area contributed by atoms with E-state index in [1.807, 2.05) is 25.1 Å². The van der Waals surface area contributed by atoms with E-state index in [-0.39, 0.29) is 5.91 Å². The van der Waals surface area contributed by atoms with Crippen molar-refractivity contribution < 1.29 is 4.79 Å². The number of amides is 1. The fraction of sp³-hybridized carbons (Fsp3) is 0.385. The molecule has 0 spiro atoms. The second kappa shape index (κ2) is 4.97. The molecule has 0 bridgehead atoms. The highest BCUT2D eigenvalue weighted by Gasteiger charge is 2.46. The van der Waals surface area contributed by atoms with Crippen molar-refractivity contribution in [3.63, 3.8) is 0 Å². The number of carbonyl (C=O) groups excluding carboxylic acids is 1. The summed E-state index contributed by atoms with van der Waals surface area (Å²) in [5.41, 5.74) is 6.93. The Labute approximate surface area is 120 Å². The number of hydrogen-bond acceptors (Lipinski definition) is 2. The molecule has 2 rings (SSSR count). The molecule has 1 fully saturated rings. The number of halogens is 1. The van der Waals surface area contributed by atoms with Crippen LogP contribution in [0.2, 0.25) is 0 Å². The molecular weight excluding hydrogens is 312 g/mol. The number of anilines is 1. The molecule has 0 saturated heterocycles. The summed E-state index contributed by atoms with van der Waals surface area (Å²) in [5, 5.41) is 2.91. The van der Waals surface area contributed by atoms with Crippen molar-refractivity contribution >= 4 is 44.7 Å². The first-order valence-electron chi connectivity index (χ1n) is 5.83. The lowest BCUT2D eigenvalue weighted by atomic mass is 9.68. The summed E-state index contributed by atoms with van der Waals surface area (Å²) in [6.07, 6.45) is 2.50. The highest BCUT2D eigenvalue weighted by molar-refractivity contribution is 9.10. The smallest absolute Gasteiger partial charge is 0.237 e. The summed E-state index contributed by atoms with van der Waals surface area (Å²) in [7, 11) is 0. The number of nitrogens with one attached hydrogen (secondary N) is 1. The van der Waals surface area contributed by atoms with Crippen LogP contribution in [0.3, 0.4) is 0 Å². The van der Waals surface area contributed by atoms with Crippen LogP contribution in [-0.4, -0.2) is 10.9 Å². The molecule has 1 amide bonds. The van der Waals surface area contributed by atoms with E-state index < -0.39 is 5.41 Å². The second-order valence-corrected chi connectivity index (χ2v) is 6.13. The van der Waals surface area contributed by atoms with E-state index in [1.165, 1.54) is 0 Å². The van der Waals surface area contributed by atoms with Gasteiger partial charge < -0.3 is 11.1 Å². The van der Waals surface area contributed by atoms with Crippen molar-refractivity contribution in [1.82, 2.24) is 0 Å². The Balaban J connectivity index is 2.18. The van der Waals surface area contributed by atoms with Gasteiger partial charge in [-0.05, 0) is 43.5 Å². The Kier molecular flexibility index (Phi) is 3.73. The first kappa shape index (κ1) is 13.5. The Morgan fingerprint density at radius 2 is 2.11 bits per heavy atom. The third-order valence-corrected chi connectivity index (χ3v) is 4.26. The maximum atomic E-state index is 12.3. The average molecular weight is 327 g/mol. The Hall–Kier alpha value is -0.940. The molecule has 96 valence electrons. The number of hydrogen-bond donors (Lipinski definition) is 2. The van der Waals surface area contributed by atoms with Gasteiger partial charge in [-0.25, -0.2) is 0 Å². The first-order chi connectivity index (χ1) is 8.44. The minimum Gasteiger partial charge on any atom is -0.392 e. The summed E-state index contributed by atoms with van der Waals surface area (Å²) in [4.78, 5) is 12.6. The molecule has 0 aliphatic heterocycles. The van der Waals surface area contributed by atoms with Crippen molar-refractivity contribution in [3.8, 4) is 0 Å². The Morgan fingerprint density at radius 1 is 1.44 bits per heavy atom. The van der Waals surface area contributed by atoms with Gasteiger partial charge in [0.1, 0.15) is 0 Å². The van der Waals surface area contributed by atoms with E-state index in [9.17, 15) is 4.79 Å². The van der Waals surface area contributed by atoms with Crippen molar-refractivity contribution in [2.75, 3.05) is 5.32 Å². The summed E-state index contributed by atoms with van der Waals surface area (Å²) < 4.78 is 0.941. The first-order valence-corrected chi connectivity index (χ1v) is 7.03. The number of carbonyl (C=O) groups is 1. The van der Waals surface area contributed by atoms with Crippen molar-refractivity contribution in [2.45, 2.75) is 26.2 Å². The predicted molar refractivity (Wildman–Crippen MR) is 80.6 cm³/mol. The molecule has 3 N–H and O–H groups in total. The largest absolute Gasteiger partial charge is 0.392 e. The SMILES string of the molecule is Cc1cc(Br)cc(NC(=O)C2(C(N)=S)CCC2)c1. The van der Waals surface area contributed by atoms with E-state index in [0.717, 1.165) is 35.0 Å². The van der Waals surface area contributed by atoms with Crippen LogP contribution >= 0.6 is 28.1 Å². The summed E-state index contributed by atoms with van der Waals surface area (Å²) >= 11 is 8.44. The van der Waals surface area contributed by atoms with Gasteiger partial charge in [0.05, 0.1) is 10.4 Å². The normalized spacial score (nSPS) is 16.8. The molecule has 1 aliphatic carbocycles. The van der Waals surface area contributed by atoms with E-state index in [1.54, 1.807) is 0 Å². The fourth-order valence-electron chi connectivity index (χ4n) is 2.17. The number of nitrogens with two attached hydrogens (primary N) is 1. The van der Waals surface area contributed by atoms with Gasteiger partial charge in [0.15, 0.2) is 0 Å². The molecule has 0 unspecified atom stereocenters. The van der Waals surface area contributed by atoms with Crippen LogP contribution in [0.15, 0.2) is 22.7 Å². The zero-order valence-electron chi connectivity index (χ0n) is 10.1. The van der Waals surface area contributed by atoms with E-state index in [4.69, 9.17) is 18.0 Å². The standard InChI is InChI=1S/C13H15BrN2OS/c1-8-5-9(14)7-10(6-8)16-12(17)13(11(15)18)3-2-4-13/h5-7H,2-4H2,1H3,(H2,15,18)(H,16,17). The van der Waals surface area contributed by atoms with Gasteiger partial charge in [0, 0.05) is 10.2 Å². The van der Waals surface area contributed by atoms with Gasteiger partial charge >= 0.3 is 0 Å². The molecule has 1 aromatic rings. The van der Waals surface area contributed by atoms with Crippen molar-refractivity contribution in [3.05, 3.63) is 28.2 Å². The van der Waals surface area contributed by atoms with Gasteiger partial charge in [0.25, 0.3) is 0 Å². The third-order valence-electron chi connectivity index (χ3n) is 3.41. The van der Waals surface area contributed by atoms with Crippen LogP contribution in [0.25, 0.3) is 0 Å². The highest BCUT2D eigenvalue weighted by Crippen LogP contribution is 2.42. The molecular formula is C13H15BrN2OS. The van der Waals surface area contributed by atoms with Crippen LogP contribution < -0.4 is 11.1 Å². The van der Waals surface area contributed by atoms with Gasteiger partial charge in [-0.3, -0.25) is 4.79 Å². The summed E-state index contributed by atoms with van der Waals surface area (Å²) in [6, 6.07) is 5.79. The molecule has 0 radical (unpaired) electrons. The van der Waals surface area contributed by atoms with E-state index in [2.05, 4.69) is 21.2 Å². The lowest BCUT2D eigenvalue weighted by molar-refractivity contribution is -0.125. The second-order valence-electron chi connectivity index (χ2n) is 4.77. The minimum atomic E-state index is -0.633. The maximum absolute atomic E-state index is 12.3. The third kappa shape index (κ3) is 2.42. The number of rotatable bonds is 3. The monoisotopic (exact) mass is 326 g/mol. The minimum absolute atomic E-state index is 0.0845. The van der Waals surface area contributed by atoms with Crippen molar-refractivity contribution in [1.29, 1.82) is 0 Å². The lowest BCUT2D eigenvalue weighted by Gasteiger charge is -2.39. The number of benzene rings is 1. The van der Waals surface area contributed by atoms with Gasteiger partial charge in [-0.1, -0.05) is 34.6 Å². The molecule has 0 atom stereocenters. The number of thiocarbonyl (C=S) groups is 1.